The van der Waals surface area contributed by atoms with Gasteiger partial charge in [0, 0.05) is 18.4 Å². The topological polar surface area (TPSA) is 98.2 Å². The van der Waals surface area contributed by atoms with Crippen LogP contribution in [-0.4, -0.2) is 13.4 Å². The van der Waals surface area contributed by atoms with E-state index in [-0.39, 0.29) is 11.1 Å². The molecule has 0 aliphatic heterocycles. The second-order valence-corrected chi connectivity index (χ2v) is 5.64. The quantitative estimate of drug-likeness (QED) is 0.857. The van der Waals surface area contributed by atoms with Crippen molar-refractivity contribution in [1.29, 1.82) is 0 Å². The normalized spacial score (nSPS) is 13.4. The fraction of sp³-hybridized carbons (Fsp3) is 0.250. The first-order valence-corrected chi connectivity index (χ1v) is 7.26. The van der Waals surface area contributed by atoms with Crippen LogP contribution in [-0.2, 0) is 16.6 Å². The largest absolute Gasteiger partial charge is 0.447 e. The Morgan fingerprint density at radius 2 is 2.00 bits per heavy atom. The van der Waals surface area contributed by atoms with E-state index in [0.717, 1.165) is 5.56 Å². The molecule has 0 aliphatic carbocycles. The number of nitrogens with one attached hydrogen (secondary N) is 1. The lowest BCUT2D eigenvalue weighted by molar-refractivity contribution is 0.393. The molecule has 2 aromatic heterocycles. The van der Waals surface area contributed by atoms with Gasteiger partial charge in [-0.1, -0.05) is 0 Å². The zero-order chi connectivity index (χ0) is 13.9. The number of aromatic nitrogens is 1. The molecule has 6 nitrogen and oxygen atoms in total. The second-order valence-electron chi connectivity index (χ2n) is 4.15. The standard InChI is InChI=1S/C12H15N3O3S/c1-9(10-4-6-14-7-5-10)15-8-11-2-3-12(18-11)19(13,16)17/h2-7,9,15H,8H2,1H3,(H2,13,16,17). The summed E-state index contributed by atoms with van der Waals surface area (Å²) in [6.07, 6.45) is 3.44. The van der Waals surface area contributed by atoms with Crippen molar-refractivity contribution in [3.8, 4) is 0 Å². The Morgan fingerprint density at radius 3 is 2.58 bits per heavy atom. The van der Waals surface area contributed by atoms with Crippen molar-refractivity contribution >= 4 is 10.0 Å². The number of furan rings is 1. The fourth-order valence-corrected chi connectivity index (χ4v) is 2.11. The Morgan fingerprint density at radius 1 is 1.32 bits per heavy atom. The molecule has 0 spiro atoms. The van der Waals surface area contributed by atoms with Crippen LogP contribution in [0.3, 0.4) is 0 Å². The van der Waals surface area contributed by atoms with Crippen LogP contribution < -0.4 is 10.5 Å². The zero-order valence-corrected chi connectivity index (χ0v) is 11.2. The van der Waals surface area contributed by atoms with Gasteiger partial charge in [-0.25, -0.2) is 13.6 Å². The summed E-state index contributed by atoms with van der Waals surface area (Å²) in [4.78, 5) is 3.95. The highest BCUT2D eigenvalue weighted by atomic mass is 32.2. The van der Waals surface area contributed by atoms with Crippen molar-refractivity contribution in [2.45, 2.75) is 24.6 Å². The van der Waals surface area contributed by atoms with Gasteiger partial charge in [-0.05, 0) is 36.8 Å². The third kappa shape index (κ3) is 3.63. The summed E-state index contributed by atoms with van der Waals surface area (Å²) < 4.78 is 27.3. The second kappa shape index (κ2) is 5.52. The van der Waals surface area contributed by atoms with E-state index in [9.17, 15) is 8.42 Å². The molecule has 2 aromatic rings. The summed E-state index contributed by atoms with van der Waals surface area (Å²) >= 11 is 0. The molecule has 0 amide bonds. The number of nitrogens with two attached hydrogens (primary N) is 1. The minimum absolute atomic E-state index is 0.103. The molecule has 3 N–H and O–H groups in total. The van der Waals surface area contributed by atoms with Crippen LogP contribution in [0.25, 0.3) is 0 Å². The van der Waals surface area contributed by atoms with Gasteiger partial charge in [0.2, 0.25) is 5.09 Å². The first kappa shape index (κ1) is 13.7. The molecule has 0 fully saturated rings. The van der Waals surface area contributed by atoms with Crippen LogP contribution >= 0.6 is 0 Å². The summed E-state index contributed by atoms with van der Waals surface area (Å²) in [5.41, 5.74) is 1.09. The van der Waals surface area contributed by atoms with Crippen LogP contribution in [0.4, 0.5) is 0 Å². The predicted octanol–water partition coefficient (Wildman–Crippen LogP) is 1.17. The van der Waals surface area contributed by atoms with Crippen LogP contribution in [0.1, 0.15) is 24.3 Å². The third-order valence-corrected chi connectivity index (χ3v) is 3.49. The van der Waals surface area contributed by atoms with E-state index in [0.29, 0.717) is 12.3 Å². The molecule has 19 heavy (non-hydrogen) atoms. The number of sulfonamides is 1. The molecule has 0 saturated heterocycles. The fourth-order valence-electron chi connectivity index (χ4n) is 1.63. The molecule has 0 aromatic carbocycles. The molecule has 7 heteroatoms. The maximum atomic E-state index is 11.1. The smallest absolute Gasteiger partial charge is 0.271 e. The van der Waals surface area contributed by atoms with Crippen molar-refractivity contribution < 1.29 is 12.8 Å². The van der Waals surface area contributed by atoms with E-state index < -0.39 is 10.0 Å². The minimum Gasteiger partial charge on any atom is -0.447 e. The van der Waals surface area contributed by atoms with Gasteiger partial charge in [0.1, 0.15) is 5.76 Å². The summed E-state index contributed by atoms with van der Waals surface area (Å²) in [6.45, 7) is 2.41. The molecule has 2 heterocycles. The van der Waals surface area contributed by atoms with Crippen molar-refractivity contribution in [2.24, 2.45) is 5.14 Å². The first-order valence-electron chi connectivity index (χ1n) is 5.71. The van der Waals surface area contributed by atoms with Gasteiger partial charge in [-0.15, -0.1) is 0 Å². The van der Waals surface area contributed by atoms with Gasteiger partial charge in [-0.3, -0.25) is 4.98 Å². The maximum Gasteiger partial charge on any atom is 0.271 e. The van der Waals surface area contributed by atoms with Gasteiger partial charge in [0.25, 0.3) is 10.0 Å². The Hall–Kier alpha value is -1.70. The van der Waals surface area contributed by atoms with Crippen LogP contribution in [0.2, 0.25) is 0 Å². The molecule has 1 atom stereocenters. The average molecular weight is 281 g/mol. The molecule has 0 aliphatic rings. The lowest BCUT2D eigenvalue weighted by atomic mass is 10.1. The molecular weight excluding hydrogens is 266 g/mol. The number of rotatable bonds is 5. The molecule has 0 bridgehead atoms. The van der Waals surface area contributed by atoms with Crippen molar-refractivity contribution in [3.63, 3.8) is 0 Å². The van der Waals surface area contributed by atoms with Gasteiger partial charge in [0.05, 0.1) is 6.54 Å². The monoisotopic (exact) mass is 281 g/mol. The summed E-state index contributed by atoms with van der Waals surface area (Å²) in [7, 11) is -3.78. The molecule has 1 unspecified atom stereocenters. The number of primary sulfonamides is 1. The summed E-state index contributed by atoms with van der Waals surface area (Å²) in [5.74, 6) is 0.518. The number of pyridine rings is 1. The Bertz CT molecular complexity index is 637. The van der Waals surface area contributed by atoms with E-state index in [1.54, 1.807) is 18.5 Å². The molecule has 0 saturated carbocycles. The number of nitrogens with zero attached hydrogens (tertiary/aromatic N) is 1. The van der Waals surface area contributed by atoms with Gasteiger partial charge in [-0.2, -0.15) is 0 Å². The summed E-state index contributed by atoms with van der Waals surface area (Å²) in [6, 6.07) is 6.87. The van der Waals surface area contributed by atoms with E-state index in [1.807, 2.05) is 19.1 Å². The van der Waals surface area contributed by atoms with Crippen LogP contribution in [0, 0.1) is 0 Å². The highest BCUT2D eigenvalue weighted by Crippen LogP contribution is 2.15. The third-order valence-electron chi connectivity index (χ3n) is 2.71. The van der Waals surface area contributed by atoms with E-state index in [4.69, 9.17) is 9.56 Å². The lowest BCUT2D eigenvalue weighted by Gasteiger charge is -2.12. The van der Waals surface area contributed by atoms with E-state index >= 15 is 0 Å². The number of hydrogen-bond acceptors (Lipinski definition) is 5. The van der Waals surface area contributed by atoms with Crippen LogP contribution in [0.15, 0.2) is 46.2 Å². The van der Waals surface area contributed by atoms with E-state index in [1.165, 1.54) is 6.07 Å². The Kier molecular flexibility index (Phi) is 3.98. The first-order chi connectivity index (χ1) is 8.97. The molecule has 0 radical (unpaired) electrons. The van der Waals surface area contributed by atoms with Gasteiger partial charge < -0.3 is 9.73 Å². The zero-order valence-electron chi connectivity index (χ0n) is 10.4. The van der Waals surface area contributed by atoms with E-state index in [2.05, 4.69) is 10.3 Å². The van der Waals surface area contributed by atoms with Crippen molar-refractivity contribution in [1.82, 2.24) is 10.3 Å². The minimum atomic E-state index is -3.78. The van der Waals surface area contributed by atoms with Crippen molar-refractivity contribution in [2.75, 3.05) is 0 Å². The molecular formula is C12H15N3O3S. The average Bonchev–Trinajstić information content (AvgIpc) is 2.86. The SMILES string of the molecule is CC(NCc1ccc(S(N)(=O)=O)o1)c1ccncc1. The highest BCUT2D eigenvalue weighted by Gasteiger charge is 2.13. The van der Waals surface area contributed by atoms with Gasteiger partial charge in [0.15, 0.2) is 0 Å². The number of hydrogen-bond donors (Lipinski definition) is 2. The van der Waals surface area contributed by atoms with Crippen molar-refractivity contribution in [3.05, 3.63) is 48.0 Å². The predicted molar refractivity (Wildman–Crippen MR) is 69.6 cm³/mol. The Labute approximate surface area is 111 Å². The van der Waals surface area contributed by atoms with Gasteiger partial charge >= 0.3 is 0 Å². The van der Waals surface area contributed by atoms with Crippen LogP contribution in [0.5, 0.6) is 0 Å². The maximum absolute atomic E-state index is 11.1. The highest BCUT2D eigenvalue weighted by molar-refractivity contribution is 7.89. The Balaban J connectivity index is 1.98. The molecule has 102 valence electrons. The lowest BCUT2D eigenvalue weighted by Crippen LogP contribution is -2.17. The summed E-state index contributed by atoms with van der Waals surface area (Å²) in [5, 5.41) is 7.97. The molecule has 2 rings (SSSR count).